The van der Waals surface area contributed by atoms with E-state index >= 15 is 0 Å². The molecule has 2 amide bonds. The molecule has 1 saturated heterocycles. The fraction of sp³-hybridized carbons (Fsp3) is 0.385. The van der Waals surface area contributed by atoms with Crippen molar-refractivity contribution in [3.8, 4) is 0 Å². The summed E-state index contributed by atoms with van der Waals surface area (Å²) in [5.41, 5.74) is -0.213. The van der Waals surface area contributed by atoms with Gasteiger partial charge >= 0.3 is 12.0 Å². The molecule has 0 bridgehead atoms. The van der Waals surface area contributed by atoms with E-state index in [0.29, 0.717) is 11.8 Å². The van der Waals surface area contributed by atoms with Gasteiger partial charge in [-0.25, -0.2) is 14.0 Å². The van der Waals surface area contributed by atoms with Gasteiger partial charge < -0.3 is 15.7 Å². The molecular weight excluding hydrogens is 283 g/mol. The molecule has 0 aliphatic carbocycles. The first kappa shape index (κ1) is 14.6. The van der Waals surface area contributed by atoms with Gasteiger partial charge in [0, 0.05) is 17.5 Å². The van der Waals surface area contributed by atoms with Gasteiger partial charge in [0.15, 0.2) is 0 Å². The summed E-state index contributed by atoms with van der Waals surface area (Å²) < 4.78 is 13.2. The number of hydrogen-bond donors (Lipinski definition) is 3. The summed E-state index contributed by atoms with van der Waals surface area (Å²) in [6, 6.07) is 3.03. The average molecular weight is 298 g/mol. The van der Waals surface area contributed by atoms with Gasteiger partial charge in [-0.15, -0.1) is 0 Å². The van der Waals surface area contributed by atoms with E-state index in [0.717, 1.165) is 24.3 Å². The van der Waals surface area contributed by atoms with Crippen LogP contribution >= 0.6 is 11.8 Å². The summed E-state index contributed by atoms with van der Waals surface area (Å²) in [4.78, 5) is 22.5. The predicted octanol–water partition coefficient (Wildman–Crippen LogP) is 2.54. The van der Waals surface area contributed by atoms with Crippen LogP contribution in [0.25, 0.3) is 0 Å². The Bertz CT molecular complexity index is 518. The van der Waals surface area contributed by atoms with Crippen molar-refractivity contribution in [3.63, 3.8) is 0 Å². The van der Waals surface area contributed by atoms with Gasteiger partial charge in [-0.05, 0) is 36.8 Å². The van der Waals surface area contributed by atoms with Crippen LogP contribution in [0.1, 0.15) is 23.2 Å². The molecule has 1 aromatic rings. The van der Waals surface area contributed by atoms with Crippen LogP contribution in [-0.4, -0.2) is 34.7 Å². The lowest BCUT2D eigenvalue weighted by Crippen LogP contribution is -2.33. The van der Waals surface area contributed by atoms with E-state index in [9.17, 15) is 14.0 Å². The number of benzene rings is 1. The highest BCUT2D eigenvalue weighted by Gasteiger charge is 2.16. The van der Waals surface area contributed by atoms with Crippen LogP contribution in [0.5, 0.6) is 0 Å². The second kappa shape index (κ2) is 6.60. The predicted molar refractivity (Wildman–Crippen MR) is 75.9 cm³/mol. The fourth-order valence-corrected chi connectivity index (χ4v) is 3.16. The van der Waals surface area contributed by atoms with Gasteiger partial charge in [0.2, 0.25) is 0 Å². The van der Waals surface area contributed by atoms with E-state index in [4.69, 9.17) is 5.11 Å². The third-order valence-electron chi connectivity index (χ3n) is 2.97. The van der Waals surface area contributed by atoms with E-state index in [2.05, 4.69) is 10.6 Å². The molecule has 108 valence electrons. The summed E-state index contributed by atoms with van der Waals surface area (Å²) >= 11 is 1.83. The second-order valence-corrected chi connectivity index (χ2v) is 5.88. The topological polar surface area (TPSA) is 78.4 Å². The number of carboxylic acids is 1. The van der Waals surface area contributed by atoms with Crippen LogP contribution in [0.3, 0.4) is 0 Å². The quantitative estimate of drug-likeness (QED) is 0.798. The zero-order valence-corrected chi connectivity index (χ0v) is 11.5. The molecule has 1 unspecified atom stereocenters. The van der Waals surface area contributed by atoms with Crippen molar-refractivity contribution in [3.05, 3.63) is 29.6 Å². The molecule has 1 heterocycles. The molecule has 5 nitrogen and oxygen atoms in total. The van der Waals surface area contributed by atoms with Gasteiger partial charge in [0.05, 0.1) is 5.56 Å². The molecule has 0 spiro atoms. The van der Waals surface area contributed by atoms with Gasteiger partial charge in [0.1, 0.15) is 5.82 Å². The minimum absolute atomic E-state index is 0.250. The monoisotopic (exact) mass is 298 g/mol. The number of nitrogens with one attached hydrogen (secondary N) is 2. The van der Waals surface area contributed by atoms with Crippen molar-refractivity contribution in [2.75, 3.05) is 17.6 Å². The fourth-order valence-electron chi connectivity index (χ4n) is 1.95. The lowest BCUT2D eigenvalue weighted by atomic mass is 10.2. The molecule has 1 atom stereocenters. The smallest absolute Gasteiger partial charge is 0.338 e. The maximum absolute atomic E-state index is 13.2. The van der Waals surface area contributed by atoms with Crippen LogP contribution < -0.4 is 10.6 Å². The first-order valence-corrected chi connectivity index (χ1v) is 7.30. The molecule has 2 rings (SSSR count). The van der Waals surface area contributed by atoms with Gasteiger partial charge in [-0.3, -0.25) is 0 Å². The molecule has 1 aromatic carbocycles. The molecule has 1 aliphatic rings. The van der Waals surface area contributed by atoms with E-state index < -0.39 is 23.4 Å². The number of carboxylic acid groups (broad SMARTS) is 1. The summed E-state index contributed by atoms with van der Waals surface area (Å²) in [5, 5.41) is 14.5. The Balaban J connectivity index is 1.90. The maximum Gasteiger partial charge on any atom is 0.338 e. The van der Waals surface area contributed by atoms with Gasteiger partial charge in [0.25, 0.3) is 0 Å². The minimum atomic E-state index is -1.37. The number of carbonyl (C=O) groups is 2. The molecule has 0 aromatic heterocycles. The van der Waals surface area contributed by atoms with E-state index in [1.54, 1.807) is 0 Å². The first-order chi connectivity index (χ1) is 9.56. The number of urea groups is 1. The van der Waals surface area contributed by atoms with Crippen molar-refractivity contribution in [2.45, 2.75) is 18.1 Å². The van der Waals surface area contributed by atoms with Crippen LogP contribution in [0.15, 0.2) is 18.2 Å². The number of halogens is 1. The Kier molecular flexibility index (Phi) is 4.84. The number of thioether (sulfide) groups is 1. The van der Waals surface area contributed by atoms with Gasteiger partial charge in [-0.2, -0.15) is 11.8 Å². The number of rotatable bonds is 4. The number of carbonyl (C=O) groups excluding carboxylic acids is 1. The van der Waals surface area contributed by atoms with E-state index in [-0.39, 0.29) is 5.69 Å². The largest absolute Gasteiger partial charge is 0.478 e. The normalized spacial score (nSPS) is 17.8. The average Bonchev–Trinajstić information content (AvgIpc) is 2.91. The Morgan fingerprint density at radius 2 is 2.25 bits per heavy atom. The highest BCUT2D eigenvalue weighted by molar-refractivity contribution is 8.00. The van der Waals surface area contributed by atoms with Crippen LogP contribution in [0.4, 0.5) is 14.9 Å². The Hall–Kier alpha value is -1.76. The summed E-state index contributed by atoms with van der Waals surface area (Å²) in [5.74, 6) is -1.08. The maximum atomic E-state index is 13.2. The highest BCUT2D eigenvalue weighted by atomic mass is 32.2. The Morgan fingerprint density at radius 1 is 1.45 bits per heavy atom. The third kappa shape index (κ3) is 3.86. The Morgan fingerprint density at radius 3 is 2.90 bits per heavy atom. The SMILES string of the molecule is O=C(NCC1CCCS1)Nc1ccc(F)c(C(=O)O)c1. The molecule has 0 radical (unpaired) electrons. The van der Waals surface area contributed by atoms with Crippen molar-refractivity contribution >= 4 is 29.4 Å². The highest BCUT2D eigenvalue weighted by Crippen LogP contribution is 2.25. The molecular formula is C13H15FN2O3S. The lowest BCUT2D eigenvalue weighted by Gasteiger charge is -2.11. The number of amides is 2. The van der Waals surface area contributed by atoms with E-state index in [1.165, 1.54) is 12.5 Å². The lowest BCUT2D eigenvalue weighted by molar-refractivity contribution is 0.0692. The van der Waals surface area contributed by atoms with Crippen LogP contribution in [-0.2, 0) is 0 Å². The van der Waals surface area contributed by atoms with Crippen LogP contribution in [0, 0.1) is 5.82 Å². The zero-order chi connectivity index (χ0) is 14.5. The van der Waals surface area contributed by atoms with Crippen molar-refractivity contribution in [1.82, 2.24) is 5.32 Å². The van der Waals surface area contributed by atoms with Crippen LogP contribution in [0.2, 0.25) is 0 Å². The van der Waals surface area contributed by atoms with Crippen molar-refractivity contribution in [1.29, 1.82) is 0 Å². The molecule has 1 aliphatic heterocycles. The third-order valence-corrected chi connectivity index (χ3v) is 4.37. The summed E-state index contributed by atoms with van der Waals surface area (Å²) in [6.45, 7) is 0.573. The second-order valence-electron chi connectivity index (χ2n) is 4.47. The minimum Gasteiger partial charge on any atom is -0.478 e. The number of hydrogen-bond acceptors (Lipinski definition) is 3. The zero-order valence-electron chi connectivity index (χ0n) is 10.7. The summed E-state index contributed by atoms with van der Waals surface area (Å²) in [7, 11) is 0. The molecule has 7 heteroatoms. The standard InChI is InChI=1S/C13H15FN2O3S/c14-11-4-3-8(6-10(11)12(17)18)16-13(19)15-7-9-2-1-5-20-9/h3-4,6,9H,1-2,5,7H2,(H,17,18)(H2,15,16,19). The number of anilines is 1. The summed E-state index contributed by atoms with van der Waals surface area (Å²) in [6.07, 6.45) is 2.25. The Labute approximate surface area is 119 Å². The molecule has 20 heavy (non-hydrogen) atoms. The van der Waals surface area contributed by atoms with Gasteiger partial charge in [-0.1, -0.05) is 0 Å². The van der Waals surface area contributed by atoms with Crippen molar-refractivity contribution in [2.24, 2.45) is 0 Å². The van der Waals surface area contributed by atoms with E-state index in [1.807, 2.05) is 11.8 Å². The molecule has 0 saturated carbocycles. The molecule has 3 N–H and O–H groups in total. The van der Waals surface area contributed by atoms with Crippen molar-refractivity contribution < 1.29 is 19.1 Å². The first-order valence-electron chi connectivity index (χ1n) is 6.25. The molecule has 1 fully saturated rings. The number of aromatic carboxylic acids is 1.